The van der Waals surface area contributed by atoms with Crippen LogP contribution in [0.2, 0.25) is 0 Å². The number of aryl methyl sites for hydroxylation is 1. The number of rotatable bonds is 9. The molecule has 0 saturated carbocycles. The fraction of sp³-hybridized carbons (Fsp3) is 0.316. The number of Topliss-reactive ketones (excluding diaryl/α,β-unsaturated/α-hetero) is 2. The molecular formula is C19H21NO3S2. The van der Waals surface area contributed by atoms with Crippen molar-refractivity contribution in [1.82, 2.24) is 0 Å². The van der Waals surface area contributed by atoms with Crippen molar-refractivity contribution in [3.8, 4) is 0 Å². The largest absolute Gasteiger partial charge is 0.325 e. The van der Waals surface area contributed by atoms with Crippen molar-refractivity contribution in [3.05, 3.63) is 46.2 Å². The summed E-state index contributed by atoms with van der Waals surface area (Å²) in [6, 6.07) is 11.2. The SMILES string of the molecule is CSc1ccccc1NC(=O)CCC(=O)CCC(=O)c1ccc(C)s1. The Kier molecular flexibility index (Phi) is 7.40. The van der Waals surface area contributed by atoms with Crippen LogP contribution in [-0.4, -0.2) is 23.7 Å². The molecule has 0 aliphatic rings. The van der Waals surface area contributed by atoms with E-state index in [1.165, 1.54) is 11.3 Å². The number of benzene rings is 1. The normalized spacial score (nSPS) is 10.5. The zero-order chi connectivity index (χ0) is 18.2. The lowest BCUT2D eigenvalue weighted by molar-refractivity contribution is -0.122. The second kappa shape index (κ2) is 9.53. The molecule has 1 aromatic heterocycles. The number of carbonyl (C=O) groups is 3. The predicted molar refractivity (Wildman–Crippen MR) is 104 cm³/mol. The highest BCUT2D eigenvalue weighted by Gasteiger charge is 2.13. The second-order valence-corrected chi connectivity index (χ2v) is 7.76. The summed E-state index contributed by atoms with van der Waals surface area (Å²) in [6.45, 7) is 1.94. The molecule has 1 aromatic carbocycles. The van der Waals surface area contributed by atoms with Gasteiger partial charge >= 0.3 is 0 Å². The van der Waals surface area contributed by atoms with Gasteiger partial charge in [-0.3, -0.25) is 14.4 Å². The van der Waals surface area contributed by atoms with E-state index in [4.69, 9.17) is 0 Å². The molecule has 0 radical (unpaired) electrons. The van der Waals surface area contributed by atoms with E-state index in [2.05, 4.69) is 5.32 Å². The first-order valence-corrected chi connectivity index (χ1v) is 10.1. The van der Waals surface area contributed by atoms with Gasteiger partial charge < -0.3 is 5.32 Å². The minimum Gasteiger partial charge on any atom is -0.325 e. The van der Waals surface area contributed by atoms with E-state index in [0.29, 0.717) is 4.88 Å². The Balaban J connectivity index is 1.74. The zero-order valence-corrected chi connectivity index (χ0v) is 16.0. The minimum absolute atomic E-state index is 0.00944. The Bertz CT molecular complexity index is 768. The number of thiophene rings is 1. The Morgan fingerprint density at radius 2 is 1.72 bits per heavy atom. The smallest absolute Gasteiger partial charge is 0.224 e. The summed E-state index contributed by atoms with van der Waals surface area (Å²) >= 11 is 3.00. The lowest BCUT2D eigenvalue weighted by Crippen LogP contribution is -2.14. The topological polar surface area (TPSA) is 63.2 Å². The van der Waals surface area contributed by atoms with Gasteiger partial charge in [0.25, 0.3) is 0 Å². The molecule has 1 amide bonds. The number of para-hydroxylation sites is 1. The number of anilines is 1. The minimum atomic E-state index is -0.185. The molecule has 2 rings (SSSR count). The van der Waals surface area contributed by atoms with Crippen LogP contribution in [0.25, 0.3) is 0 Å². The summed E-state index contributed by atoms with van der Waals surface area (Å²) in [5, 5.41) is 2.83. The summed E-state index contributed by atoms with van der Waals surface area (Å²) < 4.78 is 0. The van der Waals surface area contributed by atoms with Gasteiger partial charge in [0.15, 0.2) is 5.78 Å². The molecule has 6 heteroatoms. The van der Waals surface area contributed by atoms with Gasteiger partial charge in [-0.05, 0) is 37.4 Å². The van der Waals surface area contributed by atoms with Crippen LogP contribution in [0, 0.1) is 6.92 Å². The first kappa shape index (κ1) is 19.4. The molecule has 0 aliphatic carbocycles. The zero-order valence-electron chi connectivity index (χ0n) is 14.3. The maximum atomic E-state index is 12.0. The predicted octanol–water partition coefficient (Wildman–Crippen LogP) is 4.73. The van der Waals surface area contributed by atoms with Crippen molar-refractivity contribution in [2.24, 2.45) is 0 Å². The fourth-order valence-corrected chi connectivity index (χ4v) is 3.69. The number of amides is 1. The quantitative estimate of drug-likeness (QED) is 0.508. The standard InChI is InChI=1S/C19H21NO3S2/c1-13-7-11-18(25-13)16(22)10-8-14(21)9-12-19(23)20-15-5-3-4-6-17(15)24-2/h3-7,11H,8-10,12H2,1-2H3,(H,20,23). The van der Waals surface area contributed by atoms with E-state index < -0.39 is 0 Å². The molecule has 4 nitrogen and oxygen atoms in total. The molecule has 0 unspecified atom stereocenters. The van der Waals surface area contributed by atoms with Crippen LogP contribution in [0.15, 0.2) is 41.3 Å². The third-order valence-corrected chi connectivity index (χ3v) is 5.50. The van der Waals surface area contributed by atoms with E-state index in [1.54, 1.807) is 17.8 Å². The van der Waals surface area contributed by atoms with E-state index in [1.807, 2.05) is 43.5 Å². The summed E-state index contributed by atoms with van der Waals surface area (Å²) in [5.41, 5.74) is 0.760. The molecule has 2 aromatic rings. The number of carbonyl (C=O) groups excluding carboxylic acids is 3. The van der Waals surface area contributed by atoms with E-state index in [0.717, 1.165) is 15.5 Å². The van der Waals surface area contributed by atoms with Gasteiger partial charge in [0.05, 0.1) is 10.6 Å². The highest BCUT2D eigenvalue weighted by Crippen LogP contribution is 2.24. The lowest BCUT2D eigenvalue weighted by atomic mass is 10.1. The van der Waals surface area contributed by atoms with Crippen molar-refractivity contribution in [2.75, 3.05) is 11.6 Å². The third kappa shape index (κ3) is 6.14. The van der Waals surface area contributed by atoms with Crippen LogP contribution < -0.4 is 5.32 Å². The molecular weight excluding hydrogens is 354 g/mol. The van der Waals surface area contributed by atoms with Gasteiger partial charge in [0, 0.05) is 35.5 Å². The molecule has 0 spiro atoms. The molecule has 0 saturated heterocycles. The molecule has 1 N–H and O–H groups in total. The van der Waals surface area contributed by atoms with Crippen molar-refractivity contribution >= 4 is 46.3 Å². The molecule has 25 heavy (non-hydrogen) atoms. The average molecular weight is 376 g/mol. The Labute approximate surface area is 156 Å². The number of thioether (sulfide) groups is 1. The molecule has 0 aliphatic heterocycles. The van der Waals surface area contributed by atoms with Gasteiger partial charge in [0.1, 0.15) is 5.78 Å². The van der Waals surface area contributed by atoms with Gasteiger partial charge in [-0.15, -0.1) is 23.1 Å². The fourth-order valence-electron chi connectivity index (χ4n) is 2.30. The first-order valence-electron chi connectivity index (χ1n) is 8.04. The third-order valence-electron chi connectivity index (χ3n) is 3.66. The van der Waals surface area contributed by atoms with Crippen molar-refractivity contribution < 1.29 is 14.4 Å². The maximum Gasteiger partial charge on any atom is 0.224 e. The van der Waals surface area contributed by atoms with Crippen LogP contribution in [0.1, 0.15) is 40.2 Å². The molecule has 0 atom stereocenters. The van der Waals surface area contributed by atoms with Gasteiger partial charge in [-0.1, -0.05) is 12.1 Å². The highest BCUT2D eigenvalue weighted by molar-refractivity contribution is 7.98. The lowest BCUT2D eigenvalue weighted by Gasteiger charge is -2.08. The Morgan fingerprint density at radius 1 is 1.00 bits per heavy atom. The van der Waals surface area contributed by atoms with Crippen molar-refractivity contribution in [1.29, 1.82) is 0 Å². The van der Waals surface area contributed by atoms with Gasteiger partial charge in [-0.25, -0.2) is 0 Å². The summed E-state index contributed by atoms with van der Waals surface area (Å²) in [4.78, 5) is 38.7. The number of hydrogen-bond acceptors (Lipinski definition) is 5. The van der Waals surface area contributed by atoms with Gasteiger partial charge in [-0.2, -0.15) is 0 Å². The highest BCUT2D eigenvalue weighted by atomic mass is 32.2. The van der Waals surface area contributed by atoms with Crippen LogP contribution in [0.3, 0.4) is 0 Å². The van der Waals surface area contributed by atoms with E-state index in [-0.39, 0.29) is 43.2 Å². The Hall–Kier alpha value is -1.92. The van der Waals surface area contributed by atoms with Gasteiger partial charge in [0.2, 0.25) is 5.91 Å². The van der Waals surface area contributed by atoms with Crippen molar-refractivity contribution in [3.63, 3.8) is 0 Å². The van der Waals surface area contributed by atoms with E-state index >= 15 is 0 Å². The number of nitrogens with one attached hydrogen (secondary N) is 1. The second-order valence-electron chi connectivity index (χ2n) is 5.62. The number of ketones is 2. The molecule has 0 bridgehead atoms. The van der Waals surface area contributed by atoms with Crippen LogP contribution in [-0.2, 0) is 9.59 Å². The monoisotopic (exact) mass is 375 g/mol. The Morgan fingerprint density at radius 3 is 2.40 bits per heavy atom. The molecule has 1 heterocycles. The van der Waals surface area contributed by atoms with Crippen LogP contribution >= 0.6 is 23.1 Å². The summed E-state index contributed by atoms with van der Waals surface area (Å²) in [7, 11) is 0. The van der Waals surface area contributed by atoms with Crippen molar-refractivity contribution in [2.45, 2.75) is 37.5 Å². The van der Waals surface area contributed by atoms with Crippen LogP contribution in [0.4, 0.5) is 5.69 Å². The van der Waals surface area contributed by atoms with E-state index in [9.17, 15) is 14.4 Å². The molecule has 0 fully saturated rings. The van der Waals surface area contributed by atoms with Crippen LogP contribution in [0.5, 0.6) is 0 Å². The summed E-state index contributed by atoms with van der Waals surface area (Å²) in [6.07, 6.45) is 2.62. The molecule has 132 valence electrons. The number of hydrogen-bond donors (Lipinski definition) is 1. The average Bonchev–Trinajstić information content (AvgIpc) is 3.05. The maximum absolute atomic E-state index is 12.0. The summed E-state index contributed by atoms with van der Waals surface area (Å²) in [5.74, 6) is -0.255. The first-order chi connectivity index (χ1) is 12.0.